The van der Waals surface area contributed by atoms with Gasteiger partial charge in [0.2, 0.25) is 11.8 Å². The van der Waals surface area contributed by atoms with Crippen molar-refractivity contribution < 1.29 is 14.0 Å². The number of hydrogen-bond donors (Lipinski definition) is 2. The smallest absolute Gasteiger partial charge is 0.235 e. The molecule has 1 aromatic rings. The van der Waals surface area contributed by atoms with Crippen LogP contribution in [-0.4, -0.2) is 24.9 Å². The van der Waals surface area contributed by atoms with Gasteiger partial charge in [0.05, 0.1) is 0 Å². The molecule has 4 nitrogen and oxygen atoms in total. The Balaban J connectivity index is 1.79. The molecule has 0 radical (unpaired) electrons. The molecule has 0 bridgehead atoms. The molecule has 0 aliphatic heterocycles. The molecule has 2 N–H and O–H groups in total. The second-order valence-corrected chi connectivity index (χ2v) is 5.47. The maximum atomic E-state index is 12.8. The van der Waals surface area contributed by atoms with Gasteiger partial charge in [-0.15, -0.1) is 0 Å². The quantitative estimate of drug-likeness (QED) is 0.753. The van der Waals surface area contributed by atoms with Crippen LogP contribution < -0.4 is 10.6 Å². The fourth-order valence-corrected chi connectivity index (χ4v) is 2.23. The molecule has 0 aromatic heterocycles. The maximum absolute atomic E-state index is 12.8. The minimum atomic E-state index is -0.849. The predicted molar refractivity (Wildman–Crippen MR) is 78.1 cm³/mol. The van der Waals surface area contributed by atoms with Crippen LogP contribution in [0.15, 0.2) is 24.3 Å². The first-order valence-electron chi connectivity index (χ1n) is 7.39. The lowest BCUT2D eigenvalue weighted by Gasteiger charge is -2.15. The number of hydrogen-bond acceptors (Lipinski definition) is 2. The first-order valence-corrected chi connectivity index (χ1v) is 7.39. The maximum Gasteiger partial charge on any atom is 0.235 e. The largest absolute Gasteiger partial charge is 0.355 e. The van der Waals surface area contributed by atoms with Crippen molar-refractivity contribution in [2.24, 2.45) is 5.41 Å². The van der Waals surface area contributed by atoms with E-state index >= 15 is 0 Å². The molecule has 1 aliphatic carbocycles. The van der Waals surface area contributed by atoms with Crippen LogP contribution in [0.2, 0.25) is 0 Å². The molecule has 114 valence electrons. The Hall–Kier alpha value is -1.91. The summed E-state index contributed by atoms with van der Waals surface area (Å²) in [6.07, 6.45) is 2.71. The van der Waals surface area contributed by atoms with Crippen molar-refractivity contribution in [3.05, 3.63) is 35.6 Å². The van der Waals surface area contributed by atoms with Crippen molar-refractivity contribution in [2.45, 2.75) is 32.6 Å². The molecule has 0 spiro atoms. The lowest BCUT2D eigenvalue weighted by molar-refractivity contribution is -0.137. The van der Waals surface area contributed by atoms with E-state index in [0.717, 1.165) is 12.0 Å². The minimum Gasteiger partial charge on any atom is -0.355 e. The van der Waals surface area contributed by atoms with Gasteiger partial charge in [0, 0.05) is 13.1 Å². The molecule has 5 heteroatoms. The lowest BCUT2D eigenvalue weighted by atomic mass is 10.0. The van der Waals surface area contributed by atoms with Gasteiger partial charge >= 0.3 is 0 Å². The lowest BCUT2D eigenvalue weighted by Crippen LogP contribution is -2.43. The summed E-state index contributed by atoms with van der Waals surface area (Å²) in [5.41, 5.74) is 0.106. The third-order valence-corrected chi connectivity index (χ3v) is 3.77. The number of nitrogens with one attached hydrogen (secondary N) is 2. The monoisotopic (exact) mass is 292 g/mol. The van der Waals surface area contributed by atoms with Crippen molar-refractivity contribution in [1.29, 1.82) is 0 Å². The van der Waals surface area contributed by atoms with Crippen LogP contribution in [-0.2, 0) is 16.0 Å². The van der Waals surface area contributed by atoms with Crippen LogP contribution >= 0.6 is 0 Å². The predicted octanol–water partition coefficient (Wildman–Crippen LogP) is 1.79. The van der Waals surface area contributed by atoms with Gasteiger partial charge < -0.3 is 10.6 Å². The molecule has 0 unspecified atom stereocenters. The molecule has 1 saturated carbocycles. The Morgan fingerprint density at radius 2 is 1.67 bits per heavy atom. The Morgan fingerprint density at radius 3 is 2.19 bits per heavy atom. The SMILES string of the molecule is CCCNC(=O)C1(C(=O)NCCc2ccc(F)cc2)CC1. The summed E-state index contributed by atoms with van der Waals surface area (Å²) in [5.74, 6) is -0.630. The van der Waals surface area contributed by atoms with E-state index < -0.39 is 5.41 Å². The van der Waals surface area contributed by atoms with E-state index in [2.05, 4.69) is 10.6 Å². The van der Waals surface area contributed by atoms with Gasteiger partial charge in [0.1, 0.15) is 11.2 Å². The van der Waals surface area contributed by atoms with Crippen LogP contribution in [0, 0.1) is 11.2 Å². The third-order valence-electron chi connectivity index (χ3n) is 3.77. The van der Waals surface area contributed by atoms with Gasteiger partial charge in [-0.1, -0.05) is 19.1 Å². The fraction of sp³-hybridized carbons (Fsp3) is 0.500. The second kappa shape index (κ2) is 6.70. The van der Waals surface area contributed by atoms with E-state index in [4.69, 9.17) is 0 Å². The van der Waals surface area contributed by atoms with Crippen LogP contribution in [0.3, 0.4) is 0 Å². The third kappa shape index (κ3) is 3.80. The van der Waals surface area contributed by atoms with Crippen LogP contribution in [0.4, 0.5) is 4.39 Å². The summed E-state index contributed by atoms with van der Waals surface area (Å²) in [6.45, 7) is 3.03. The van der Waals surface area contributed by atoms with Crippen molar-refractivity contribution in [2.75, 3.05) is 13.1 Å². The van der Waals surface area contributed by atoms with Crippen molar-refractivity contribution >= 4 is 11.8 Å². The van der Waals surface area contributed by atoms with E-state index in [9.17, 15) is 14.0 Å². The summed E-state index contributed by atoms with van der Waals surface area (Å²) in [4.78, 5) is 24.1. The number of rotatable bonds is 7. The molecule has 1 aromatic carbocycles. The van der Waals surface area contributed by atoms with E-state index in [1.165, 1.54) is 12.1 Å². The molecule has 1 fully saturated rings. The summed E-state index contributed by atoms with van der Waals surface area (Å²) < 4.78 is 12.8. The molecule has 0 saturated heterocycles. The standard InChI is InChI=1S/C16H21FN2O2/c1-2-10-18-14(20)16(8-9-16)15(21)19-11-7-12-3-5-13(17)6-4-12/h3-6H,2,7-11H2,1H3,(H,18,20)(H,19,21). The second-order valence-electron chi connectivity index (χ2n) is 5.47. The average Bonchev–Trinajstić information content (AvgIpc) is 3.28. The van der Waals surface area contributed by atoms with E-state index in [1.807, 2.05) is 6.92 Å². The topological polar surface area (TPSA) is 58.2 Å². The highest BCUT2D eigenvalue weighted by molar-refractivity contribution is 6.07. The summed E-state index contributed by atoms with van der Waals surface area (Å²) in [6, 6.07) is 6.19. The molecule has 0 heterocycles. The first-order chi connectivity index (χ1) is 10.1. The van der Waals surface area contributed by atoms with Gasteiger partial charge in [-0.25, -0.2) is 4.39 Å². The van der Waals surface area contributed by atoms with Crippen LogP contribution in [0.5, 0.6) is 0 Å². The van der Waals surface area contributed by atoms with E-state index in [1.54, 1.807) is 12.1 Å². The Labute approximate surface area is 124 Å². The van der Waals surface area contributed by atoms with Crippen molar-refractivity contribution in [1.82, 2.24) is 10.6 Å². The van der Waals surface area contributed by atoms with Crippen LogP contribution in [0.1, 0.15) is 31.7 Å². The zero-order valence-electron chi connectivity index (χ0n) is 12.2. The fourth-order valence-electron chi connectivity index (χ4n) is 2.23. The number of amides is 2. The van der Waals surface area contributed by atoms with E-state index in [-0.39, 0.29) is 17.6 Å². The number of carbonyl (C=O) groups excluding carboxylic acids is 2. The minimum absolute atomic E-state index is 0.163. The molecule has 2 amide bonds. The van der Waals surface area contributed by atoms with Crippen molar-refractivity contribution in [3.63, 3.8) is 0 Å². The molecule has 21 heavy (non-hydrogen) atoms. The molecular formula is C16H21FN2O2. The highest BCUT2D eigenvalue weighted by atomic mass is 19.1. The van der Waals surface area contributed by atoms with Gasteiger partial charge in [0.15, 0.2) is 0 Å². The molecule has 2 rings (SSSR count). The van der Waals surface area contributed by atoms with Crippen molar-refractivity contribution in [3.8, 4) is 0 Å². The van der Waals surface area contributed by atoms with Crippen LogP contribution in [0.25, 0.3) is 0 Å². The highest BCUT2D eigenvalue weighted by Crippen LogP contribution is 2.46. The number of benzene rings is 1. The zero-order valence-corrected chi connectivity index (χ0v) is 12.2. The summed E-state index contributed by atoms with van der Waals surface area (Å²) in [5, 5.41) is 5.60. The highest BCUT2D eigenvalue weighted by Gasteiger charge is 2.56. The van der Waals surface area contributed by atoms with E-state index in [0.29, 0.717) is 32.4 Å². The summed E-state index contributed by atoms with van der Waals surface area (Å²) in [7, 11) is 0. The van der Waals surface area contributed by atoms with Gasteiger partial charge in [0.25, 0.3) is 0 Å². The normalized spacial score (nSPS) is 15.3. The number of carbonyl (C=O) groups is 2. The first kappa shape index (κ1) is 15.5. The number of halogens is 1. The molecule has 0 atom stereocenters. The molecule has 1 aliphatic rings. The zero-order chi connectivity index (χ0) is 15.3. The Kier molecular flexibility index (Phi) is 4.94. The van der Waals surface area contributed by atoms with Gasteiger partial charge in [-0.3, -0.25) is 9.59 Å². The Morgan fingerprint density at radius 1 is 1.10 bits per heavy atom. The average molecular weight is 292 g/mol. The van der Waals surface area contributed by atoms with Gasteiger partial charge in [-0.2, -0.15) is 0 Å². The van der Waals surface area contributed by atoms with Gasteiger partial charge in [-0.05, 0) is 43.4 Å². The Bertz CT molecular complexity index is 510. The molecular weight excluding hydrogens is 271 g/mol. The summed E-state index contributed by atoms with van der Waals surface area (Å²) >= 11 is 0.